The van der Waals surface area contributed by atoms with E-state index in [9.17, 15) is 22.0 Å². The molecule has 0 aliphatic carbocycles. The van der Waals surface area contributed by atoms with Crippen molar-refractivity contribution in [1.82, 2.24) is 0 Å². The van der Waals surface area contributed by atoms with E-state index in [0.717, 1.165) is 12.1 Å². The topological polar surface area (TPSA) is 18.5 Å². The van der Waals surface area contributed by atoms with E-state index in [2.05, 4.69) is 0 Å². The molecule has 0 bridgehead atoms. The second kappa shape index (κ2) is 5.20. The van der Waals surface area contributed by atoms with Gasteiger partial charge >= 0.3 is 13.3 Å². The quantitative estimate of drug-likeness (QED) is 0.606. The Morgan fingerprint density at radius 1 is 0.955 bits per heavy atom. The smallest absolute Gasteiger partial charge is 0.399 e. The number of hydrogen-bond donors (Lipinski definition) is 0. The van der Waals surface area contributed by atoms with Gasteiger partial charge in [-0.05, 0) is 39.2 Å². The zero-order chi connectivity index (χ0) is 16.9. The van der Waals surface area contributed by atoms with Crippen LogP contribution in [0.5, 0.6) is 0 Å². The summed E-state index contributed by atoms with van der Waals surface area (Å²) in [7, 11) is -1.12. The lowest BCUT2D eigenvalue weighted by molar-refractivity contribution is -0.137. The van der Waals surface area contributed by atoms with Crippen molar-refractivity contribution in [3.8, 4) is 0 Å². The van der Waals surface area contributed by atoms with Crippen LogP contribution < -0.4 is 5.46 Å². The van der Waals surface area contributed by atoms with E-state index < -0.39 is 42.0 Å². The Balaban J connectivity index is 2.46. The first-order chi connectivity index (χ1) is 9.83. The predicted molar refractivity (Wildman–Crippen MR) is 72.1 cm³/mol. The van der Waals surface area contributed by atoms with Crippen molar-refractivity contribution in [2.45, 2.75) is 51.5 Å². The summed E-state index contributed by atoms with van der Waals surface area (Å²) in [4.78, 5) is 0. The molecular formula is C14H16BF5O2. The Kier molecular flexibility index (Phi) is 4.07. The zero-order valence-electron chi connectivity index (χ0n) is 12.6. The molecule has 0 amide bonds. The van der Waals surface area contributed by atoms with Crippen molar-refractivity contribution < 1.29 is 31.3 Å². The number of alkyl halides is 5. The molecule has 0 N–H and O–H groups in total. The van der Waals surface area contributed by atoms with Crippen LogP contribution in [0.4, 0.5) is 22.0 Å². The summed E-state index contributed by atoms with van der Waals surface area (Å²) >= 11 is 0. The second-order valence-corrected chi connectivity index (χ2v) is 6.28. The lowest BCUT2D eigenvalue weighted by atomic mass is 9.77. The third-order valence-corrected chi connectivity index (χ3v) is 4.08. The molecule has 22 heavy (non-hydrogen) atoms. The van der Waals surface area contributed by atoms with Gasteiger partial charge in [0.15, 0.2) is 0 Å². The molecule has 1 aromatic rings. The van der Waals surface area contributed by atoms with Gasteiger partial charge in [0.25, 0.3) is 6.43 Å². The van der Waals surface area contributed by atoms with Gasteiger partial charge in [-0.25, -0.2) is 8.78 Å². The molecule has 1 aliphatic rings. The first kappa shape index (κ1) is 17.2. The van der Waals surface area contributed by atoms with E-state index >= 15 is 0 Å². The summed E-state index contributed by atoms with van der Waals surface area (Å²) in [5.74, 6) is 0. The van der Waals surface area contributed by atoms with E-state index in [4.69, 9.17) is 9.31 Å². The van der Waals surface area contributed by atoms with Gasteiger partial charge < -0.3 is 9.31 Å². The minimum Gasteiger partial charge on any atom is -0.399 e. The highest BCUT2D eigenvalue weighted by atomic mass is 19.4. The molecule has 0 spiro atoms. The first-order valence-corrected chi connectivity index (χ1v) is 6.69. The van der Waals surface area contributed by atoms with Crippen LogP contribution in [0, 0.1) is 0 Å². The molecule has 0 aromatic heterocycles. The molecule has 122 valence electrons. The summed E-state index contributed by atoms with van der Waals surface area (Å²) in [5, 5.41) is 0. The van der Waals surface area contributed by atoms with Crippen molar-refractivity contribution in [2.75, 3.05) is 0 Å². The average molecular weight is 322 g/mol. The average Bonchev–Trinajstić information content (AvgIpc) is 2.57. The number of rotatable bonds is 2. The van der Waals surface area contributed by atoms with Gasteiger partial charge in [0.1, 0.15) is 0 Å². The van der Waals surface area contributed by atoms with Crippen molar-refractivity contribution >= 4 is 12.6 Å². The standard InChI is InChI=1S/C14H16BF5O2/c1-12(2)13(3,4)22-15(21-12)10-6-8(11(16)17)5-9(7-10)14(18,19)20/h5-7,11H,1-4H3. The molecule has 2 nitrogen and oxygen atoms in total. The molecule has 8 heteroatoms. The van der Waals surface area contributed by atoms with Gasteiger partial charge in [-0.1, -0.05) is 12.1 Å². The van der Waals surface area contributed by atoms with Crippen molar-refractivity contribution in [3.05, 3.63) is 29.3 Å². The second-order valence-electron chi connectivity index (χ2n) is 6.28. The summed E-state index contributed by atoms with van der Waals surface area (Å²) in [6.45, 7) is 6.92. The Morgan fingerprint density at radius 2 is 1.45 bits per heavy atom. The van der Waals surface area contributed by atoms with Crippen LogP contribution in [0.2, 0.25) is 0 Å². The maximum Gasteiger partial charge on any atom is 0.494 e. The Bertz CT molecular complexity index is 553. The van der Waals surface area contributed by atoms with Crippen LogP contribution in [-0.2, 0) is 15.5 Å². The zero-order valence-corrected chi connectivity index (χ0v) is 12.6. The molecule has 1 fully saturated rings. The fourth-order valence-corrected chi connectivity index (χ4v) is 2.08. The van der Waals surface area contributed by atoms with Crippen LogP contribution in [0.1, 0.15) is 45.2 Å². The Labute approximate surface area is 125 Å². The van der Waals surface area contributed by atoms with Crippen LogP contribution in [0.15, 0.2) is 18.2 Å². The van der Waals surface area contributed by atoms with E-state index in [0.29, 0.717) is 6.07 Å². The summed E-state index contributed by atoms with van der Waals surface area (Å²) < 4.78 is 75.6. The first-order valence-electron chi connectivity index (χ1n) is 6.69. The summed E-state index contributed by atoms with van der Waals surface area (Å²) in [5.41, 5.74) is -3.45. The summed E-state index contributed by atoms with van der Waals surface area (Å²) in [6, 6.07) is 2.22. The van der Waals surface area contributed by atoms with Gasteiger partial charge in [0.05, 0.1) is 16.8 Å². The molecule has 2 rings (SSSR count). The number of hydrogen-bond acceptors (Lipinski definition) is 2. The van der Waals surface area contributed by atoms with Crippen molar-refractivity contribution in [3.63, 3.8) is 0 Å². The van der Waals surface area contributed by atoms with Gasteiger partial charge in [-0.2, -0.15) is 13.2 Å². The fourth-order valence-electron chi connectivity index (χ4n) is 2.08. The predicted octanol–water partition coefficient (Wildman–Crippen LogP) is 3.94. The van der Waals surface area contributed by atoms with Crippen LogP contribution in [0.25, 0.3) is 0 Å². The Hall–Kier alpha value is -1.15. The largest absolute Gasteiger partial charge is 0.494 e. The van der Waals surface area contributed by atoms with E-state index in [1.54, 1.807) is 27.7 Å². The SMILES string of the molecule is CC1(C)OB(c2cc(C(F)F)cc(C(F)(F)F)c2)OC1(C)C. The monoisotopic (exact) mass is 322 g/mol. The maximum absolute atomic E-state index is 12.9. The Morgan fingerprint density at radius 3 is 1.86 bits per heavy atom. The molecule has 1 heterocycles. The molecule has 0 radical (unpaired) electrons. The molecule has 1 saturated heterocycles. The van der Waals surface area contributed by atoms with Crippen molar-refractivity contribution in [2.24, 2.45) is 0 Å². The molecular weight excluding hydrogens is 306 g/mol. The minimum atomic E-state index is -4.72. The number of benzene rings is 1. The van der Waals surface area contributed by atoms with Gasteiger partial charge in [-0.15, -0.1) is 0 Å². The normalized spacial score (nSPS) is 20.7. The summed E-state index contributed by atoms with van der Waals surface area (Å²) in [6.07, 6.45) is -7.73. The highest BCUT2D eigenvalue weighted by molar-refractivity contribution is 6.62. The molecule has 1 aliphatic heterocycles. The molecule has 0 atom stereocenters. The minimum absolute atomic E-state index is 0.0659. The van der Waals surface area contributed by atoms with Crippen LogP contribution >= 0.6 is 0 Å². The van der Waals surface area contributed by atoms with Gasteiger partial charge in [-0.3, -0.25) is 0 Å². The lowest BCUT2D eigenvalue weighted by Gasteiger charge is -2.32. The molecule has 0 saturated carbocycles. The van der Waals surface area contributed by atoms with Crippen LogP contribution in [-0.4, -0.2) is 18.3 Å². The third-order valence-electron chi connectivity index (χ3n) is 4.08. The van der Waals surface area contributed by atoms with E-state index in [-0.39, 0.29) is 5.46 Å². The van der Waals surface area contributed by atoms with E-state index in [1.807, 2.05) is 0 Å². The number of halogens is 5. The van der Waals surface area contributed by atoms with Crippen LogP contribution in [0.3, 0.4) is 0 Å². The fraction of sp³-hybridized carbons (Fsp3) is 0.571. The van der Waals surface area contributed by atoms with Gasteiger partial charge in [0, 0.05) is 5.56 Å². The maximum atomic E-state index is 12.9. The third kappa shape index (κ3) is 3.13. The van der Waals surface area contributed by atoms with Gasteiger partial charge in [0.2, 0.25) is 0 Å². The molecule has 0 unspecified atom stereocenters. The lowest BCUT2D eigenvalue weighted by Crippen LogP contribution is -2.41. The highest BCUT2D eigenvalue weighted by Gasteiger charge is 2.52. The van der Waals surface area contributed by atoms with Crippen molar-refractivity contribution in [1.29, 1.82) is 0 Å². The molecule has 1 aromatic carbocycles. The van der Waals surface area contributed by atoms with E-state index in [1.165, 1.54) is 0 Å². The highest BCUT2D eigenvalue weighted by Crippen LogP contribution is 2.37.